The second-order valence-corrected chi connectivity index (χ2v) is 3.84. The summed E-state index contributed by atoms with van der Waals surface area (Å²) in [5.74, 6) is 0. The number of nitrogens with zero attached hydrogens (tertiary/aromatic N) is 2. The fourth-order valence-electron chi connectivity index (χ4n) is 1.84. The SMILES string of the molecule is Nc1ccccc1-n1cnc(C2OCCO2)c1. The molecule has 17 heavy (non-hydrogen) atoms. The number of hydrogen-bond donors (Lipinski definition) is 1. The summed E-state index contributed by atoms with van der Waals surface area (Å²) in [6.45, 7) is 1.23. The van der Waals surface area contributed by atoms with Gasteiger partial charge in [-0.15, -0.1) is 0 Å². The molecule has 0 radical (unpaired) electrons. The van der Waals surface area contributed by atoms with Gasteiger partial charge in [0.05, 0.1) is 30.9 Å². The molecule has 2 aromatic rings. The summed E-state index contributed by atoms with van der Waals surface area (Å²) in [6, 6.07) is 7.64. The zero-order valence-corrected chi connectivity index (χ0v) is 9.24. The zero-order chi connectivity index (χ0) is 11.7. The van der Waals surface area contributed by atoms with E-state index in [0.717, 1.165) is 11.4 Å². The lowest BCUT2D eigenvalue weighted by atomic mass is 10.3. The first kappa shape index (κ1) is 10.3. The van der Waals surface area contributed by atoms with Crippen molar-refractivity contribution in [3.05, 3.63) is 42.5 Å². The van der Waals surface area contributed by atoms with Crippen molar-refractivity contribution >= 4 is 5.69 Å². The summed E-state index contributed by atoms with van der Waals surface area (Å²) in [5, 5.41) is 0. The van der Waals surface area contributed by atoms with Gasteiger partial charge >= 0.3 is 0 Å². The normalized spacial score (nSPS) is 16.5. The minimum absolute atomic E-state index is 0.346. The zero-order valence-electron chi connectivity index (χ0n) is 9.24. The van der Waals surface area contributed by atoms with Gasteiger partial charge in [-0.2, -0.15) is 0 Å². The molecule has 5 nitrogen and oxygen atoms in total. The summed E-state index contributed by atoms with van der Waals surface area (Å²) in [4.78, 5) is 4.27. The van der Waals surface area contributed by atoms with E-state index in [2.05, 4.69) is 4.98 Å². The molecule has 1 aliphatic rings. The average Bonchev–Trinajstić information content (AvgIpc) is 3.00. The Morgan fingerprint density at radius 1 is 1.24 bits per heavy atom. The Kier molecular flexibility index (Phi) is 2.55. The maximum Gasteiger partial charge on any atom is 0.202 e. The van der Waals surface area contributed by atoms with E-state index >= 15 is 0 Å². The van der Waals surface area contributed by atoms with E-state index in [1.54, 1.807) is 6.33 Å². The number of benzene rings is 1. The molecule has 3 rings (SSSR count). The van der Waals surface area contributed by atoms with Crippen LogP contribution in [0, 0.1) is 0 Å². The fraction of sp³-hybridized carbons (Fsp3) is 0.250. The molecule has 0 atom stereocenters. The molecule has 0 saturated carbocycles. The highest BCUT2D eigenvalue weighted by Crippen LogP contribution is 2.23. The molecule has 0 bridgehead atoms. The number of rotatable bonds is 2. The van der Waals surface area contributed by atoms with Crippen LogP contribution in [-0.2, 0) is 9.47 Å². The molecule has 88 valence electrons. The molecular formula is C12H13N3O2. The first-order valence-corrected chi connectivity index (χ1v) is 5.46. The fourth-order valence-corrected chi connectivity index (χ4v) is 1.84. The van der Waals surface area contributed by atoms with E-state index in [9.17, 15) is 0 Å². The number of anilines is 1. The van der Waals surface area contributed by atoms with E-state index in [-0.39, 0.29) is 6.29 Å². The molecule has 1 saturated heterocycles. The Morgan fingerprint density at radius 2 is 2.00 bits per heavy atom. The third-order valence-corrected chi connectivity index (χ3v) is 2.68. The summed E-state index contributed by atoms with van der Waals surface area (Å²) in [6.07, 6.45) is 3.24. The molecule has 1 aromatic carbocycles. The predicted octanol–water partition coefficient (Wildman–Crippen LogP) is 1.50. The van der Waals surface area contributed by atoms with Crippen molar-refractivity contribution in [1.29, 1.82) is 0 Å². The van der Waals surface area contributed by atoms with Crippen molar-refractivity contribution in [2.45, 2.75) is 6.29 Å². The Labute approximate surface area is 98.8 Å². The molecule has 2 N–H and O–H groups in total. The van der Waals surface area contributed by atoms with Crippen LogP contribution in [0.3, 0.4) is 0 Å². The topological polar surface area (TPSA) is 62.3 Å². The summed E-state index contributed by atoms with van der Waals surface area (Å²) in [7, 11) is 0. The third-order valence-electron chi connectivity index (χ3n) is 2.68. The largest absolute Gasteiger partial charge is 0.397 e. The summed E-state index contributed by atoms with van der Waals surface area (Å²) < 4.78 is 12.6. The van der Waals surface area contributed by atoms with E-state index in [4.69, 9.17) is 15.2 Å². The number of ether oxygens (including phenoxy) is 2. The molecule has 1 fully saturated rings. The molecule has 5 heteroatoms. The Morgan fingerprint density at radius 3 is 2.76 bits per heavy atom. The van der Waals surface area contributed by atoms with Gasteiger partial charge < -0.3 is 19.8 Å². The minimum atomic E-state index is -0.346. The van der Waals surface area contributed by atoms with Crippen LogP contribution in [0.15, 0.2) is 36.8 Å². The minimum Gasteiger partial charge on any atom is -0.397 e. The van der Waals surface area contributed by atoms with Gasteiger partial charge in [-0.25, -0.2) is 4.98 Å². The second-order valence-electron chi connectivity index (χ2n) is 3.84. The Balaban J connectivity index is 1.92. The van der Waals surface area contributed by atoms with Gasteiger partial charge in [0.1, 0.15) is 5.69 Å². The van der Waals surface area contributed by atoms with Gasteiger partial charge in [0.15, 0.2) is 0 Å². The second kappa shape index (κ2) is 4.20. The van der Waals surface area contributed by atoms with Gasteiger partial charge in [-0.3, -0.25) is 0 Å². The van der Waals surface area contributed by atoms with E-state index in [1.807, 2.05) is 35.0 Å². The quantitative estimate of drug-likeness (QED) is 0.795. The molecule has 0 unspecified atom stereocenters. The van der Waals surface area contributed by atoms with Crippen LogP contribution in [0.1, 0.15) is 12.0 Å². The van der Waals surface area contributed by atoms with Crippen LogP contribution in [0.5, 0.6) is 0 Å². The third kappa shape index (κ3) is 1.90. The predicted molar refractivity (Wildman–Crippen MR) is 62.6 cm³/mol. The summed E-state index contributed by atoms with van der Waals surface area (Å²) >= 11 is 0. The molecule has 0 amide bonds. The van der Waals surface area contributed by atoms with Crippen molar-refractivity contribution in [2.75, 3.05) is 18.9 Å². The molecule has 0 aliphatic carbocycles. The molecule has 1 aliphatic heterocycles. The highest BCUT2D eigenvalue weighted by atomic mass is 16.7. The first-order chi connectivity index (χ1) is 8.34. The number of nitrogens with two attached hydrogens (primary N) is 1. The standard InChI is InChI=1S/C12H13N3O2/c13-9-3-1-2-4-11(9)15-7-10(14-8-15)12-16-5-6-17-12/h1-4,7-8,12H,5-6,13H2. The van der Waals surface area contributed by atoms with Crippen molar-refractivity contribution in [1.82, 2.24) is 9.55 Å². The van der Waals surface area contributed by atoms with E-state index in [0.29, 0.717) is 18.9 Å². The lowest BCUT2D eigenvalue weighted by molar-refractivity contribution is -0.0470. The number of para-hydroxylation sites is 2. The van der Waals surface area contributed by atoms with Crippen molar-refractivity contribution in [3.63, 3.8) is 0 Å². The van der Waals surface area contributed by atoms with Gasteiger partial charge in [-0.05, 0) is 12.1 Å². The lowest BCUT2D eigenvalue weighted by Crippen LogP contribution is -1.99. The smallest absolute Gasteiger partial charge is 0.202 e. The Bertz CT molecular complexity index is 518. The summed E-state index contributed by atoms with van der Waals surface area (Å²) in [5.41, 5.74) is 8.29. The number of imidazole rings is 1. The van der Waals surface area contributed by atoms with Crippen LogP contribution < -0.4 is 5.73 Å². The molecule has 1 aromatic heterocycles. The van der Waals surface area contributed by atoms with Crippen LogP contribution >= 0.6 is 0 Å². The maximum atomic E-state index is 5.90. The monoisotopic (exact) mass is 231 g/mol. The van der Waals surface area contributed by atoms with Crippen LogP contribution in [0.4, 0.5) is 5.69 Å². The van der Waals surface area contributed by atoms with Gasteiger partial charge in [0.25, 0.3) is 0 Å². The van der Waals surface area contributed by atoms with E-state index < -0.39 is 0 Å². The van der Waals surface area contributed by atoms with Crippen molar-refractivity contribution in [2.24, 2.45) is 0 Å². The van der Waals surface area contributed by atoms with Gasteiger partial charge in [0.2, 0.25) is 6.29 Å². The first-order valence-electron chi connectivity index (χ1n) is 5.46. The molecule has 0 spiro atoms. The highest BCUT2D eigenvalue weighted by Gasteiger charge is 2.20. The number of nitrogen functional groups attached to an aromatic ring is 1. The van der Waals surface area contributed by atoms with Crippen LogP contribution in [0.25, 0.3) is 5.69 Å². The maximum absolute atomic E-state index is 5.90. The Hall–Kier alpha value is -1.85. The van der Waals surface area contributed by atoms with Crippen LogP contribution in [0.2, 0.25) is 0 Å². The average molecular weight is 231 g/mol. The molecule has 2 heterocycles. The van der Waals surface area contributed by atoms with Crippen LogP contribution in [-0.4, -0.2) is 22.8 Å². The van der Waals surface area contributed by atoms with Gasteiger partial charge in [-0.1, -0.05) is 12.1 Å². The molecular weight excluding hydrogens is 218 g/mol. The lowest BCUT2D eigenvalue weighted by Gasteiger charge is -2.06. The van der Waals surface area contributed by atoms with Crippen molar-refractivity contribution in [3.8, 4) is 5.69 Å². The van der Waals surface area contributed by atoms with E-state index in [1.165, 1.54) is 0 Å². The van der Waals surface area contributed by atoms with Crippen molar-refractivity contribution < 1.29 is 9.47 Å². The number of hydrogen-bond acceptors (Lipinski definition) is 4. The number of aromatic nitrogens is 2. The highest BCUT2D eigenvalue weighted by molar-refractivity contribution is 5.57. The van der Waals surface area contributed by atoms with Gasteiger partial charge in [0, 0.05) is 6.20 Å².